The molecule has 0 unspecified atom stereocenters. The number of halogens is 1. The largest absolute Gasteiger partial charge is 0.378 e. The third-order valence-electron chi connectivity index (χ3n) is 4.24. The van der Waals surface area contributed by atoms with Crippen LogP contribution in [0.15, 0.2) is 53.4 Å². The molecule has 0 N–H and O–H groups in total. The molecular weight excluding hydrogens is 360 g/mol. The number of anilines is 1. The summed E-state index contributed by atoms with van der Waals surface area (Å²) >= 11 is 6.04. The lowest BCUT2D eigenvalue weighted by Gasteiger charge is -2.29. The summed E-state index contributed by atoms with van der Waals surface area (Å²) in [7, 11) is -2.06. The molecule has 1 fully saturated rings. The molecule has 0 spiro atoms. The fraction of sp³-hybridized carbons (Fsp3) is 0.333. The quantitative estimate of drug-likeness (QED) is 0.800. The highest BCUT2D eigenvalue weighted by Gasteiger charge is 2.23. The fourth-order valence-electron chi connectivity index (χ4n) is 2.80. The Morgan fingerprint density at radius 2 is 1.72 bits per heavy atom. The Kier molecular flexibility index (Phi) is 5.64. The second-order valence-electron chi connectivity index (χ2n) is 5.96. The van der Waals surface area contributed by atoms with Crippen molar-refractivity contribution in [1.29, 1.82) is 0 Å². The Labute approximate surface area is 153 Å². The van der Waals surface area contributed by atoms with Crippen molar-refractivity contribution in [2.24, 2.45) is 0 Å². The lowest BCUT2D eigenvalue weighted by Crippen LogP contribution is -2.36. The Bertz CT molecular complexity index is 818. The molecule has 0 amide bonds. The molecule has 1 aliphatic rings. The number of hydrogen-bond acceptors (Lipinski definition) is 4. The van der Waals surface area contributed by atoms with Gasteiger partial charge in [-0.2, -0.15) is 4.31 Å². The zero-order valence-corrected chi connectivity index (χ0v) is 15.6. The van der Waals surface area contributed by atoms with Crippen LogP contribution in [0.3, 0.4) is 0 Å². The predicted molar refractivity (Wildman–Crippen MR) is 99.6 cm³/mol. The number of rotatable bonds is 5. The van der Waals surface area contributed by atoms with Gasteiger partial charge in [0.1, 0.15) is 4.90 Å². The SMILES string of the molecule is CN(Cc1ccc(N2CCOCC2)cc1)S(=O)(=O)c1ccccc1Cl. The van der Waals surface area contributed by atoms with Crippen LogP contribution in [0.4, 0.5) is 5.69 Å². The first-order valence-electron chi connectivity index (χ1n) is 8.11. The van der Waals surface area contributed by atoms with Crippen molar-refractivity contribution < 1.29 is 13.2 Å². The summed E-state index contributed by atoms with van der Waals surface area (Å²) in [6.45, 7) is 3.51. The monoisotopic (exact) mass is 380 g/mol. The van der Waals surface area contributed by atoms with Gasteiger partial charge in [-0.25, -0.2) is 8.42 Å². The van der Waals surface area contributed by atoms with E-state index in [1.807, 2.05) is 24.3 Å². The van der Waals surface area contributed by atoms with Gasteiger partial charge < -0.3 is 9.64 Å². The average Bonchev–Trinajstić information content (AvgIpc) is 2.63. The zero-order chi connectivity index (χ0) is 17.9. The van der Waals surface area contributed by atoms with E-state index in [9.17, 15) is 8.42 Å². The summed E-state index contributed by atoms with van der Waals surface area (Å²) in [6, 6.07) is 14.5. The van der Waals surface area contributed by atoms with Crippen LogP contribution in [-0.2, 0) is 21.3 Å². The topological polar surface area (TPSA) is 49.9 Å². The Morgan fingerprint density at radius 3 is 2.36 bits per heavy atom. The summed E-state index contributed by atoms with van der Waals surface area (Å²) in [4.78, 5) is 2.39. The highest BCUT2D eigenvalue weighted by molar-refractivity contribution is 7.89. The molecular formula is C18H21ClN2O3S. The van der Waals surface area contributed by atoms with Crippen LogP contribution in [0.5, 0.6) is 0 Å². The van der Waals surface area contributed by atoms with Gasteiger partial charge >= 0.3 is 0 Å². The molecule has 2 aromatic rings. The first-order chi connectivity index (χ1) is 12.0. The average molecular weight is 381 g/mol. The molecule has 0 saturated carbocycles. The van der Waals surface area contributed by atoms with Gasteiger partial charge in [-0.3, -0.25) is 0 Å². The number of sulfonamides is 1. The maximum atomic E-state index is 12.7. The molecule has 7 heteroatoms. The lowest BCUT2D eigenvalue weighted by molar-refractivity contribution is 0.122. The molecule has 1 heterocycles. The highest BCUT2D eigenvalue weighted by Crippen LogP contribution is 2.25. The fourth-order valence-corrected chi connectivity index (χ4v) is 4.45. The minimum absolute atomic E-state index is 0.129. The molecule has 0 bridgehead atoms. The van der Waals surface area contributed by atoms with Crippen LogP contribution in [-0.4, -0.2) is 46.1 Å². The predicted octanol–water partition coefficient (Wildman–Crippen LogP) is 3.00. The molecule has 1 aliphatic heterocycles. The van der Waals surface area contributed by atoms with Gasteiger partial charge in [-0.15, -0.1) is 0 Å². The first-order valence-corrected chi connectivity index (χ1v) is 9.93. The number of ether oxygens (including phenoxy) is 1. The third kappa shape index (κ3) is 4.15. The molecule has 0 atom stereocenters. The molecule has 0 aromatic heterocycles. The van der Waals surface area contributed by atoms with Crippen LogP contribution in [0.25, 0.3) is 0 Å². The maximum Gasteiger partial charge on any atom is 0.244 e. The van der Waals surface area contributed by atoms with E-state index in [1.54, 1.807) is 25.2 Å². The van der Waals surface area contributed by atoms with Crippen molar-refractivity contribution in [3.05, 3.63) is 59.1 Å². The second-order valence-corrected chi connectivity index (χ2v) is 8.38. The molecule has 134 valence electrons. The van der Waals surface area contributed by atoms with E-state index in [4.69, 9.17) is 16.3 Å². The van der Waals surface area contributed by atoms with Crippen molar-refractivity contribution in [1.82, 2.24) is 4.31 Å². The standard InChI is InChI=1S/C18H21ClN2O3S/c1-20(25(22,23)18-5-3-2-4-17(18)19)14-15-6-8-16(9-7-15)21-10-12-24-13-11-21/h2-9H,10-14H2,1H3. The molecule has 3 rings (SSSR count). The number of nitrogens with zero attached hydrogens (tertiary/aromatic N) is 2. The van der Waals surface area contributed by atoms with Crippen molar-refractivity contribution >= 4 is 27.3 Å². The van der Waals surface area contributed by atoms with E-state index in [2.05, 4.69) is 4.90 Å². The van der Waals surface area contributed by atoms with Crippen LogP contribution in [0.2, 0.25) is 5.02 Å². The molecule has 25 heavy (non-hydrogen) atoms. The van der Waals surface area contributed by atoms with Gasteiger partial charge in [0.2, 0.25) is 10.0 Å². The van der Waals surface area contributed by atoms with Crippen molar-refractivity contribution in [2.75, 3.05) is 38.3 Å². The van der Waals surface area contributed by atoms with E-state index < -0.39 is 10.0 Å². The molecule has 0 radical (unpaired) electrons. The van der Waals surface area contributed by atoms with E-state index in [-0.39, 0.29) is 16.5 Å². The van der Waals surface area contributed by atoms with E-state index in [1.165, 1.54) is 10.4 Å². The van der Waals surface area contributed by atoms with E-state index in [0.717, 1.165) is 37.6 Å². The van der Waals surface area contributed by atoms with Gasteiger partial charge in [0.05, 0.1) is 18.2 Å². The Hall–Kier alpha value is -1.60. The van der Waals surface area contributed by atoms with Crippen LogP contribution in [0, 0.1) is 0 Å². The maximum absolute atomic E-state index is 12.7. The van der Waals surface area contributed by atoms with Crippen LogP contribution >= 0.6 is 11.6 Å². The summed E-state index contributed by atoms with van der Waals surface area (Å²) < 4.78 is 32.1. The summed E-state index contributed by atoms with van der Waals surface area (Å²) in [5.41, 5.74) is 2.05. The molecule has 1 saturated heterocycles. The molecule has 2 aromatic carbocycles. The number of morpholine rings is 1. The van der Waals surface area contributed by atoms with E-state index >= 15 is 0 Å². The van der Waals surface area contributed by atoms with Crippen molar-refractivity contribution in [3.8, 4) is 0 Å². The minimum atomic E-state index is -3.62. The Morgan fingerprint density at radius 1 is 1.08 bits per heavy atom. The number of hydrogen-bond donors (Lipinski definition) is 0. The van der Waals surface area contributed by atoms with Crippen molar-refractivity contribution in [2.45, 2.75) is 11.4 Å². The van der Waals surface area contributed by atoms with Crippen LogP contribution < -0.4 is 4.90 Å². The second kappa shape index (κ2) is 7.74. The summed E-state index contributed by atoms with van der Waals surface area (Å²) in [5.74, 6) is 0. The molecule has 5 nitrogen and oxygen atoms in total. The summed E-state index contributed by atoms with van der Waals surface area (Å²) in [6.07, 6.45) is 0. The van der Waals surface area contributed by atoms with Gasteiger partial charge in [0, 0.05) is 32.4 Å². The Balaban J connectivity index is 1.72. The van der Waals surface area contributed by atoms with Gasteiger partial charge in [0.15, 0.2) is 0 Å². The third-order valence-corrected chi connectivity index (χ3v) is 6.55. The smallest absolute Gasteiger partial charge is 0.244 e. The normalized spacial score (nSPS) is 15.6. The minimum Gasteiger partial charge on any atom is -0.378 e. The lowest BCUT2D eigenvalue weighted by atomic mass is 10.2. The zero-order valence-electron chi connectivity index (χ0n) is 14.1. The van der Waals surface area contributed by atoms with Gasteiger partial charge in [-0.1, -0.05) is 35.9 Å². The van der Waals surface area contributed by atoms with Crippen molar-refractivity contribution in [3.63, 3.8) is 0 Å². The summed E-state index contributed by atoms with van der Waals surface area (Å²) in [5, 5.41) is 0.233. The van der Waals surface area contributed by atoms with Crippen LogP contribution in [0.1, 0.15) is 5.56 Å². The van der Waals surface area contributed by atoms with Gasteiger partial charge in [0.25, 0.3) is 0 Å². The van der Waals surface area contributed by atoms with E-state index in [0.29, 0.717) is 0 Å². The van der Waals surface area contributed by atoms with Gasteiger partial charge in [-0.05, 0) is 29.8 Å². The highest BCUT2D eigenvalue weighted by atomic mass is 35.5. The first kappa shape index (κ1) is 18.2. The number of benzene rings is 2. The molecule has 0 aliphatic carbocycles.